The smallest absolute Gasteiger partial charge is 0.254 e. The van der Waals surface area contributed by atoms with Crippen LogP contribution in [-0.2, 0) is 14.8 Å². The van der Waals surface area contributed by atoms with Crippen LogP contribution in [0.15, 0.2) is 4.21 Å². The maximum Gasteiger partial charge on any atom is 0.254 e. The Hall–Kier alpha value is -0.210. The van der Waals surface area contributed by atoms with E-state index in [2.05, 4.69) is 4.98 Å². The number of hydrogen-bond donors (Lipinski definition) is 0. The summed E-state index contributed by atoms with van der Waals surface area (Å²) in [6.45, 7) is 3.43. The second-order valence-corrected chi connectivity index (χ2v) is 8.36. The van der Waals surface area contributed by atoms with E-state index in [9.17, 15) is 8.42 Å². The lowest BCUT2D eigenvalue weighted by atomic mass is 9.99. The zero-order chi connectivity index (χ0) is 14.0. The number of rotatable bonds is 4. The Kier molecular flexibility index (Phi) is 4.84. The van der Waals surface area contributed by atoms with Crippen LogP contribution >= 0.6 is 22.9 Å². The molecule has 0 amide bonds. The normalized spacial score (nSPS) is 18.9. The Labute approximate surface area is 122 Å². The second kappa shape index (κ2) is 6.05. The predicted octanol–water partition coefficient (Wildman–Crippen LogP) is 2.15. The van der Waals surface area contributed by atoms with E-state index < -0.39 is 10.0 Å². The van der Waals surface area contributed by atoms with Gasteiger partial charge in [-0.25, -0.2) is 13.4 Å². The number of ether oxygens (including phenoxy) is 1. The van der Waals surface area contributed by atoms with Gasteiger partial charge in [0.1, 0.15) is 0 Å². The zero-order valence-electron chi connectivity index (χ0n) is 10.9. The molecule has 1 aliphatic rings. The Balaban J connectivity index is 2.12. The number of sulfonamides is 1. The first-order valence-corrected chi connectivity index (χ1v) is 8.70. The third kappa shape index (κ3) is 3.28. The van der Waals surface area contributed by atoms with Crippen molar-refractivity contribution in [3.05, 3.63) is 10.2 Å². The van der Waals surface area contributed by atoms with E-state index in [0.29, 0.717) is 31.3 Å². The molecule has 1 fully saturated rings. The summed E-state index contributed by atoms with van der Waals surface area (Å²) in [6.07, 6.45) is 1.66. The van der Waals surface area contributed by atoms with E-state index in [4.69, 9.17) is 16.3 Å². The number of hydrogen-bond acceptors (Lipinski definition) is 5. The highest BCUT2D eigenvalue weighted by Gasteiger charge is 2.32. The molecule has 1 aromatic heterocycles. The van der Waals surface area contributed by atoms with E-state index in [-0.39, 0.29) is 8.68 Å². The Morgan fingerprint density at radius 3 is 2.58 bits per heavy atom. The Morgan fingerprint density at radius 2 is 2.11 bits per heavy atom. The molecule has 2 heterocycles. The summed E-state index contributed by atoms with van der Waals surface area (Å²) < 4.78 is 32.2. The maximum atomic E-state index is 12.5. The topological polar surface area (TPSA) is 59.5 Å². The SMILES string of the molecule is COCC1CCN(S(=O)(=O)c2sc(Cl)nc2C)CC1. The van der Waals surface area contributed by atoms with Gasteiger partial charge in [-0.2, -0.15) is 4.31 Å². The molecule has 0 radical (unpaired) electrons. The minimum absolute atomic E-state index is 0.266. The number of methoxy groups -OCH3 is 1. The first-order valence-electron chi connectivity index (χ1n) is 6.07. The molecule has 1 saturated heterocycles. The van der Waals surface area contributed by atoms with Gasteiger partial charge in [-0.3, -0.25) is 0 Å². The number of aryl methyl sites for hydroxylation is 1. The molecule has 1 aromatic rings. The van der Waals surface area contributed by atoms with Crippen molar-refractivity contribution < 1.29 is 13.2 Å². The van der Waals surface area contributed by atoms with Crippen LogP contribution in [0.1, 0.15) is 18.5 Å². The van der Waals surface area contributed by atoms with E-state index in [1.807, 2.05) is 0 Å². The fourth-order valence-corrected chi connectivity index (χ4v) is 5.60. The van der Waals surface area contributed by atoms with Crippen molar-refractivity contribution in [1.29, 1.82) is 0 Å². The van der Waals surface area contributed by atoms with Gasteiger partial charge in [0.25, 0.3) is 10.0 Å². The van der Waals surface area contributed by atoms with Crippen molar-refractivity contribution in [1.82, 2.24) is 9.29 Å². The number of nitrogens with zero attached hydrogens (tertiary/aromatic N) is 2. The third-order valence-electron chi connectivity index (χ3n) is 3.28. The Morgan fingerprint density at radius 1 is 1.47 bits per heavy atom. The van der Waals surface area contributed by atoms with Gasteiger partial charge in [0.15, 0.2) is 8.68 Å². The summed E-state index contributed by atoms with van der Waals surface area (Å²) in [5, 5.41) is 0. The van der Waals surface area contributed by atoms with Crippen LogP contribution in [0.3, 0.4) is 0 Å². The molecule has 19 heavy (non-hydrogen) atoms. The molecule has 0 N–H and O–H groups in total. The fourth-order valence-electron chi connectivity index (χ4n) is 2.26. The number of halogens is 1. The first-order chi connectivity index (χ1) is 8.95. The lowest BCUT2D eigenvalue weighted by Crippen LogP contribution is -2.39. The quantitative estimate of drug-likeness (QED) is 0.851. The van der Waals surface area contributed by atoms with Gasteiger partial charge in [0.2, 0.25) is 0 Å². The zero-order valence-corrected chi connectivity index (χ0v) is 13.3. The average Bonchev–Trinajstić information content (AvgIpc) is 2.70. The summed E-state index contributed by atoms with van der Waals surface area (Å²) >= 11 is 6.81. The predicted molar refractivity (Wildman–Crippen MR) is 75.2 cm³/mol. The van der Waals surface area contributed by atoms with Gasteiger partial charge in [0.05, 0.1) is 5.69 Å². The molecular weight excluding hydrogens is 308 g/mol. The van der Waals surface area contributed by atoms with Gasteiger partial charge in [0, 0.05) is 26.8 Å². The standard InChI is InChI=1S/C11H17ClN2O3S2/c1-8-10(18-11(12)13-8)19(15,16)14-5-3-9(4-6-14)7-17-2/h9H,3-7H2,1-2H3. The first kappa shape index (κ1) is 15.2. The van der Waals surface area contributed by atoms with E-state index in [0.717, 1.165) is 24.2 Å². The molecule has 0 spiro atoms. The summed E-state index contributed by atoms with van der Waals surface area (Å²) in [5.74, 6) is 0.447. The van der Waals surface area contributed by atoms with Crippen LogP contribution in [-0.4, -0.2) is 44.5 Å². The highest BCUT2D eigenvalue weighted by atomic mass is 35.5. The molecular formula is C11H17ClN2O3S2. The summed E-state index contributed by atoms with van der Waals surface area (Å²) in [5.41, 5.74) is 0.481. The van der Waals surface area contributed by atoms with Crippen LogP contribution in [0.5, 0.6) is 0 Å². The lowest BCUT2D eigenvalue weighted by molar-refractivity contribution is 0.121. The largest absolute Gasteiger partial charge is 0.384 e. The number of piperidine rings is 1. The molecule has 1 aliphatic heterocycles. The maximum absolute atomic E-state index is 12.5. The van der Waals surface area contributed by atoms with E-state index >= 15 is 0 Å². The molecule has 0 saturated carbocycles. The molecule has 0 aromatic carbocycles. The molecule has 0 bridgehead atoms. The van der Waals surface area contributed by atoms with Gasteiger partial charge in [-0.15, -0.1) is 0 Å². The van der Waals surface area contributed by atoms with E-state index in [1.165, 1.54) is 4.31 Å². The summed E-state index contributed by atoms with van der Waals surface area (Å²) in [7, 11) is -1.77. The molecule has 2 rings (SSSR count). The number of aromatic nitrogens is 1. The van der Waals surface area contributed by atoms with Crippen molar-refractivity contribution in [2.45, 2.75) is 24.0 Å². The van der Waals surface area contributed by atoms with Gasteiger partial charge < -0.3 is 4.74 Å². The minimum Gasteiger partial charge on any atom is -0.384 e. The van der Waals surface area contributed by atoms with Gasteiger partial charge in [-0.1, -0.05) is 22.9 Å². The van der Waals surface area contributed by atoms with Crippen molar-refractivity contribution >= 4 is 33.0 Å². The molecule has 5 nitrogen and oxygen atoms in total. The summed E-state index contributed by atoms with van der Waals surface area (Å²) in [6, 6.07) is 0. The summed E-state index contributed by atoms with van der Waals surface area (Å²) in [4.78, 5) is 3.97. The lowest BCUT2D eigenvalue weighted by Gasteiger charge is -2.30. The van der Waals surface area contributed by atoms with Crippen LogP contribution in [0.4, 0.5) is 0 Å². The molecule has 8 heteroatoms. The van der Waals surface area contributed by atoms with Crippen LogP contribution in [0.25, 0.3) is 0 Å². The van der Waals surface area contributed by atoms with Crippen LogP contribution in [0.2, 0.25) is 4.47 Å². The highest BCUT2D eigenvalue weighted by Crippen LogP contribution is 2.31. The van der Waals surface area contributed by atoms with Crippen molar-refractivity contribution in [3.63, 3.8) is 0 Å². The van der Waals surface area contributed by atoms with E-state index in [1.54, 1.807) is 14.0 Å². The molecule has 0 unspecified atom stereocenters. The molecule has 0 atom stereocenters. The monoisotopic (exact) mass is 324 g/mol. The van der Waals surface area contributed by atoms with Crippen LogP contribution in [0, 0.1) is 12.8 Å². The highest BCUT2D eigenvalue weighted by molar-refractivity contribution is 7.91. The van der Waals surface area contributed by atoms with Crippen molar-refractivity contribution in [2.24, 2.45) is 5.92 Å². The number of thiazole rings is 1. The third-order valence-corrected chi connectivity index (χ3v) is 7.03. The minimum atomic E-state index is -3.45. The van der Waals surface area contributed by atoms with Crippen LogP contribution < -0.4 is 0 Å². The van der Waals surface area contributed by atoms with Gasteiger partial charge >= 0.3 is 0 Å². The fraction of sp³-hybridized carbons (Fsp3) is 0.727. The molecule has 0 aliphatic carbocycles. The van der Waals surface area contributed by atoms with Gasteiger partial charge in [-0.05, 0) is 25.7 Å². The molecule has 108 valence electrons. The Bertz CT molecular complexity index is 536. The van der Waals surface area contributed by atoms with Crippen molar-refractivity contribution in [2.75, 3.05) is 26.8 Å². The second-order valence-electron chi connectivity index (χ2n) is 4.64. The average molecular weight is 325 g/mol. The van der Waals surface area contributed by atoms with Crippen molar-refractivity contribution in [3.8, 4) is 0 Å².